The number of rotatable bonds is 6. The molecule has 1 aliphatic rings. The normalized spacial score (nSPS) is 13.1. The highest BCUT2D eigenvalue weighted by Crippen LogP contribution is 2.31. The third kappa shape index (κ3) is 5.02. The molecule has 0 unspecified atom stereocenters. The summed E-state index contributed by atoms with van der Waals surface area (Å²) in [4.78, 5) is 27.2. The topological polar surface area (TPSA) is 88.1 Å². The molecule has 35 heavy (non-hydrogen) atoms. The number of fused-ring (bicyclic) bond motifs is 1. The molecule has 2 amide bonds. The van der Waals surface area contributed by atoms with Crippen molar-refractivity contribution in [2.75, 3.05) is 20.8 Å². The van der Waals surface area contributed by atoms with E-state index in [1.165, 1.54) is 20.3 Å². The van der Waals surface area contributed by atoms with Gasteiger partial charge in [0, 0.05) is 24.2 Å². The third-order valence-corrected chi connectivity index (χ3v) is 5.98. The predicted octanol–water partition coefficient (Wildman–Crippen LogP) is 4.09. The zero-order chi connectivity index (χ0) is 24.9. The zero-order valence-electron chi connectivity index (χ0n) is 19.4. The van der Waals surface area contributed by atoms with Crippen LogP contribution in [-0.2, 0) is 17.8 Å². The highest BCUT2D eigenvalue weighted by molar-refractivity contribution is 6.24. The molecule has 3 aromatic carbocycles. The smallest absolute Gasteiger partial charge is 0.274 e. The molecule has 3 aromatic rings. The lowest BCUT2D eigenvalue weighted by atomic mass is 9.95. The van der Waals surface area contributed by atoms with Gasteiger partial charge in [-0.2, -0.15) is 0 Å². The number of hydrogen-bond donors (Lipinski definition) is 2. The van der Waals surface area contributed by atoms with Crippen molar-refractivity contribution in [1.29, 1.82) is 0 Å². The molecule has 0 fully saturated rings. The molecule has 7 nitrogen and oxygen atoms in total. The molecule has 0 atom stereocenters. The quantitative estimate of drug-likeness (QED) is 0.242. The second-order valence-electron chi connectivity index (χ2n) is 8.05. The first-order valence-corrected chi connectivity index (χ1v) is 11.0. The number of amides is 2. The second kappa shape index (κ2) is 10.4. The summed E-state index contributed by atoms with van der Waals surface area (Å²) in [6.45, 7) is 0.688. The molecule has 0 spiro atoms. The first kappa shape index (κ1) is 24.0. The fourth-order valence-corrected chi connectivity index (χ4v) is 4.15. The van der Waals surface area contributed by atoms with Crippen LogP contribution < -0.4 is 15.0 Å². The number of carbonyl (C=O) groups excluding carboxylic acids is 2. The van der Waals surface area contributed by atoms with E-state index in [1.54, 1.807) is 65.0 Å². The standard InChI is InChI=1S/C27H25FN2O5/c1-34-24-10-7-17(14-25(24)35-2)13-22(21-5-3-4-6-23(21)28)27(32)30-12-11-18-8-9-19(26(31)29-33)15-20(18)16-30/h3-10,13-15,33H,11-12,16H2,1-2H3,(H,29,31)/b22-13-. The third-order valence-electron chi connectivity index (χ3n) is 5.98. The van der Waals surface area contributed by atoms with Gasteiger partial charge in [-0.15, -0.1) is 0 Å². The van der Waals surface area contributed by atoms with E-state index in [9.17, 15) is 14.0 Å². The Morgan fingerprint density at radius 3 is 2.49 bits per heavy atom. The number of ether oxygens (including phenoxy) is 2. The van der Waals surface area contributed by atoms with E-state index < -0.39 is 11.7 Å². The Labute approximate surface area is 202 Å². The van der Waals surface area contributed by atoms with E-state index in [2.05, 4.69) is 0 Å². The van der Waals surface area contributed by atoms with Gasteiger partial charge in [0.15, 0.2) is 11.5 Å². The van der Waals surface area contributed by atoms with Gasteiger partial charge in [-0.3, -0.25) is 14.8 Å². The fourth-order valence-electron chi connectivity index (χ4n) is 4.15. The van der Waals surface area contributed by atoms with Crippen molar-refractivity contribution in [3.63, 3.8) is 0 Å². The summed E-state index contributed by atoms with van der Waals surface area (Å²) < 4.78 is 25.5. The second-order valence-corrected chi connectivity index (χ2v) is 8.05. The molecule has 8 heteroatoms. The van der Waals surface area contributed by atoms with Gasteiger partial charge in [-0.1, -0.05) is 30.3 Å². The highest BCUT2D eigenvalue weighted by atomic mass is 19.1. The number of nitrogens with one attached hydrogen (secondary N) is 1. The van der Waals surface area contributed by atoms with Crippen LogP contribution in [0.5, 0.6) is 11.5 Å². The average Bonchev–Trinajstić information content (AvgIpc) is 2.90. The summed E-state index contributed by atoms with van der Waals surface area (Å²) in [6, 6.07) is 16.4. The molecule has 2 N–H and O–H groups in total. The molecule has 0 radical (unpaired) electrons. The van der Waals surface area contributed by atoms with Gasteiger partial charge in [-0.05, 0) is 59.5 Å². The summed E-state index contributed by atoms with van der Waals surface area (Å²) in [7, 11) is 3.05. The highest BCUT2D eigenvalue weighted by Gasteiger charge is 2.26. The first-order chi connectivity index (χ1) is 16.9. The van der Waals surface area contributed by atoms with E-state index in [0.717, 1.165) is 11.1 Å². The van der Waals surface area contributed by atoms with Crippen LogP contribution in [0.1, 0.15) is 32.6 Å². The van der Waals surface area contributed by atoms with Crippen molar-refractivity contribution in [3.05, 3.63) is 94.3 Å². The molecule has 1 heterocycles. The Morgan fingerprint density at radius 1 is 1.00 bits per heavy atom. The summed E-state index contributed by atoms with van der Waals surface area (Å²) in [5.74, 6) is -0.446. The van der Waals surface area contributed by atoms with Crippen LogP contribution in [0.3, 0.4) is 0 Å². The fraction of sp³-hybridized carbons (Fsp3) is 0.185. The van der Waals surface area contributed by atoms with Crippen LogP contribution in [0.2, 0.25) is 0 Å². The SMILES string of the molecule is COc1ccc(/C=C(\C(=O)N2CCc3ccc(C(=O)NO)cc3C2)c2ccccc2F)cc1OC. The van der Waals surface area contributed by atoms with Crippen LogP contribution >= 0.6 is 0 Å². The van der Waals surface area contributed by atoms with Gasteiger partial charge in [-0.25, -0.2) is 9.87 Å². The van der Waals surface area contributed by atoms with Crippen molar-refractivity contribution in [2.24, 2.45) is 0 Å². The van der Waals surface area contributed by atoms with Crippen molar-refractivity contribution in [2.45, 2.75) is 13.0 Å². The van der Waals surface area contributed by atoms with Crippen LogP contribution in [0, 0.1) is 5.82 Å². The van der Waals surface area contributed by atoms with Crippen molar-refractivity contribution < 1.29 is 28.7 Å². The molecule has 0 saturated heterocycles. The maximum absolute atomic E-state index is 14.8. The lowest BCUT2D eigenvalue weighted by molar-refractivity contribution is -0.125. The molecule has 0 aliphatic carbocycles. The largest absolute Gasteiger partial charge is 0.493 e. The zero-order valence-corrected chi connectivity index (χ0v) is 19.4. The Balaban J connectivity index is 1.72. The van der Waals surface area contributed by atoms with Crippen molar-refractivity contribution >= 4 is 23.5 Å². The number of carbonyl (C=O) groups is 2. The van der Waals surface area contributed by atoms with Gasteiger partial charge < -0.3 is 14.4 Å². The lowest BCUT2D eigenvalue weighted by Crippen LogP contribution is -2.36. The van der Waals surface area contributed by atoms with Gasteiger partial charge in [0.05, 0.1) is 19.8 Å². The number of methoxy groups -OCH3 is 2. The summed E-state index contributed by atoms with van der Waals surface area (Å²) in [5.41, 5.74) is 4.75. The number of hydrogen-bond acceptors (Lipinski definition) is 5. The Kier molecular flexibility index (Phi) is 7.12. The molecule has 4 rings (SSSR count). The van der Waals surface area contributed by atoms with Crippen molar-refractivity contribution in [1.82, 2.24) is 10.4 Å². The summed E-state index contributed by atoms with van der Waals surface area (Å²) >= 11 is 0. The van der Waals surface area contributed by atoms with E-state index in [1.807, 2.05) is 6.07 Å². The molecule has 0 saturated carbocycles. The minimum atomic E-state index is -0.628. The lowest BCUT2D eigenvalue weighted by Gasteiger charge is -2.30. The average molecular weight is 477 g/mol. The van der Waals surface area contributed by atoms with Gasteiger partial charge in [0.1, 0.15) is 5.82 Å². The molecule has 0 aromatic heterocycles. The number of hydroxylamine groups is 1. The number of benzene rings is 3. The molecular weight excluding hydrogens is 451 g/mol. The Morgan fingerprint density at radius 2 is 1.77 bits per heavy atom. The van der Waals surface area contributed by atoms with E-state index in [4.69, 9.17) is 14.7 Å². The summed E-state index contributed by atoms with van der Waals surface area (Å²) in [5, 5.41) is 8.94. The van der Waals surface area contributed by atoms with E-state index >= 15 is 0 Å². The number of halogens is 1. The monoisotopic (exact) mass is 476 g/mol. The van der Waals surface area contributed by atoms with Gasteiger partial charge >= 0.3 is 0 Å². The maximum Gasteiger partial charge on any atom is 0.274 e. The van der Waals surface area contributed by atoms with Crippen molar-refractivity contribution in [3.8, 4) is 11.5 Å². The minimum Gasteiger partial charge on any atom is -0.493 e. The van der Waals surface area contributed by atoms with Crippen LogP contribution in [0.4, 0.5) is 4.39 Å². The van der Waals surface area contributed by atoms with Gasteiger partial charge in [0.2, 0.25) is 0 Å². The molecule has 0 bridgehead atoms. The molecular formula is C27H25FN2O5. The maximum atomic E-state index is 14.8. The predicted molar refractivity (Wildman–Crippen MR) is 129 cm³/mol. The summed E-state index contributed by atoms with van der Waals surface area (Å²) in [6.07, 6.45) is 2.22. The Hall–Kier alpha value is -4.17. The van der Waals surface area contributed by atoms with E-state index in [0.29, 0.717) is 30.0 Å². The van der Waals surface area contributed by atoms with Crippen LogP contribution in [0.25, 0.3) is 11.6 Å². The first-order valence-electron chi connectivity index (χ1n) is 11.0. The minimum absolute atomic E-state index is 0.187. The van der Waals surface area contributed by atoms with Crippen LogP contribution in [-0.4, -0.2) is 42.7 Å². The van der Waals surface area contributed by atoms with E-state index in [-0.39, 0.29) is 29.2 Å². The molecule has 1 aliphatic heterocycles. The Bertz CT molecular complexity index is 1300. The van der Waals surface area contributed by atoms with Crippen LogP contribution in [0.15, 0.2) is 60.7 Å². The van der Waals surface area contributed by atoms with Gasteiger partial charge in [0.25, 0.3) is 11.8 Å². The number of nitrogens with zero attached hydrogens (tertiary/aromatic N) is 1. The molecule has 180 valence electrons.